The lowest BCUT2D eigenvalue weighted by Gasteiger charge is -2.37. The molecule has 366 valence electrons. The molecule has 0 aliphatic carbocycles. The molecule has 7 aromatic rings. The van der Waals surface area contributed by atoms with Crippen molar-refractivity contribution in [3.8, 4) is 21.6 Å². The zero-order valence-electron chi connectivity index (χ0n) is 40.0. The van der Waals surface area contributed by atoms with Crippen molar-refractivity contribution < 1.29 is 28.0 Å². The van der Waals surface area contributed by atoms with Gasteiger partial charge in [0.05, 0.1) is 39.3 Å². The van der Waals surface area contributed by atoms with Crippen molar-refractivity contribution in [1.29, 1.82) is 0 Å². The molecule has 70 heavy (non-hydrogen) atoms. The number of halogens is 2. The van der Waals surface area contributed by atoms with Crippen LogP contribution in [-0.2, 0) is 9.59 Å². The Labute approximate surface area is 410 Å². The van der Waals surface area contributed by atoms with Gasteiger partial charge in [-0.2, -0.15) is 8.78 Å². The fourth-order valence-corrected chi connectivity index (χ4v) is 11.5. The van der Waals surface area contributed by atoms with Gasteiger partial charge in [-0.05, 0) is 92.4 Å². The number of rotatable bonds is 14. The average Bonchev–Trinajstić information content (AvgIpc) is 4.19. The summed E-state index contributed by atoms with van der Waals surface area (Å²) in [6.07, 6.45) is 7.69. The molecule has 3 aliphatic heterocycles. The maximum absolute atomic E-state index is 14.3. The third-order valence-electron chi connectivity index (χ3n) is 14.8. The number of piperidine rings is 1. The van der Waals surface area contributed by atoms with E-state index in [9.17, 15) is 23.5 Å². The van der Waals surface area contributed by atoms with Gasteiger partial charge in [0.1, 0.15) is 17.8 Å². The smallest absolute Gasteiger partial charge is 0.319 e. The van der Waals surface area contributed by atoms with Crippen LogP contribution in [0.5, 0.6) is 0 Å². The normalized spacial score (nSPS) is 19.2. The zero-order valence-corrected chi connectivity index (χ0v) is 40.9. The summed E-state index contributed by atoms with van der Waals surface area (Å²) in [6, 6.07) is 20.2. The Morgan fingerprint density at radius 3 is 2.29 bits per heavy atom. The van der Waals surface area contributed by atoms with E-state index in [0.29, 0.717) is 33.9 Å². The van der Waals surface area contributed by atoms with Crippen molar-refractivity contribution in [3.63, 3.8) is 0 Å². The Bertz CT molecular complexity index is 2940. The van der Waals surface area contributed by atoms with Crippen molar-refractivity contribution in [2.75, 3.05) is 62.2 Å². The quantitative estimate of drug-likeness (QED) is 0.108. The molecule has 0 radical (unpaired) electrons. The van der Waals surface area contributed by atoms with E-state index in [1.54, 1.807) is 29.8 Å². The zero-order chi connectivity index (χ0) is 48.6. The number of thiazole rings is 1. The van der Waals surface area contributed by atoms with Crippen molar-refractivity contribution in [2.24, 2.45) is 11.8 Å². The van der Waals surface area contributed by atoms with Crippen LogP contribution in [0.2, 0.25) is 0 Å². The van der Waals surface area contributed by atoms with Crippen LogP contribution >= 0.6 is 11.3 Å². The third-order valence-corrected chi connectivity index (χ3v) is 15.7. The molecule has 14 nitrogen and oxygen atoms in total. The molecule has 2 aromatic carbocycles. The Hall–Kier alpha value is -6.30. The lowest BCUT2D eigenvalue weighted by Crippen LogP contribution is -2.48. The number of piperazine rings is 1. The summed E-state index contributed by atoms with van der Waals surface area (Å²) in [5.41, 5.74) is 7.49. The van der Waals surface area contributed by atoms with E-state index in [1.165, 1.54) is 4.90 Å². The van der Waals surface area contributed by atoms with E-state index in [4.69, 9.17) is 9.51 Å². The van der Waals surface area contributed by atoms with Crippen molar-refractivity contribution in [2.45, 2.75) is 84.0 Å². The van der Waals surface area contributed by atoms with Crippen molar-refractivity contribution >= 4 is 56.6 Å². The lowest BCUT2D eigenvalue weighted by molar-refractivity contribution is -0.141. The molecule has 2 amide bonds. The summed E-state index contributed by atoms with van der Waals surface area (Å²) in [5, 5.41) is 19.8. The number of aliphatic hydroxyl groups is 1. The summed E-state index contributed by atoms with van der Waals surface area (Å²) < 4.78 is 35.4. The molecule has 2 N–H and O–H groups in total. The summed E-state index contributed by atoms with van der Waals surface area (Å²) >= 11 is 1.59. The minimum absolute atomic E-state index is 0.0752. The number of fused-ring (bicyclic) bond motifs is 3. The highest BCUT2D eigenvalue weighted by Gasteiger charge is 2.44. The van der Waals surface area contributed by atoms with Crippen molar-refractivity contribution in [3.05, 3.63) is 108 Å². The number of anilines is 2. The second-order valence-electron chi connectivity index (χ2n) is 19.5. The summed E-state index contributed by atoms with van der Waals surface area (Å²) in [7, 11) is 0. The van der Waals surface area contributed by atoms with Gasteiger partial charge in [0.25, 0.3) is 0 Å². The number of alkyl halides is 2. The number of β-amino-alcohol motifs (C(OH)–C–C–N with tert-alkyl or cyclic N) is 1. The first-order chi connectivity index (χ1) is 33.9. The maximum atomic E-state index is 14.3. The highest BCUT2D eigenvalue weighted by molar-refractivity contribution is 7.13. The Morgan fingerprint density at radius 1 is 0.843 bits per heavy atom. The predicted molar refractivity (Wildman–Crippen MR) is 269 cm³/mol. The second kappa shape index (κ2) is 20.2. The standard InChI is InChI=1S/C53H60F2N10O4S/c1-32(2)49(52(68)64-30-40(66)26-45(64)51(67)59-33(3)36-5-7-37(8-6-36)50-34(4)58-31-70-50)46-27-48(60-69-46)63-23-21-61(22-24-63)18-14-35-15-19-62(20-16-35)47-12-10-39(28-57-47)38-9-11-41-42-29-56-17-13-43(42)65(53(54)55)44(41)25-38/h5-13,17,25,27-29,31-33,35,40,45,49,53,66H,14-16,18-24,26,30H2,1-4H3,(H,59,67)/t33-,40+,45-,49+/m0/s1. The Balaban J connectivity index is 0.688. The fourth-order valence-electron chi connectivity index (χ4n) is 10.7. The van der Waals surface area contributed by atoms with E-state index in [2.05, 4.69) is 35.1 Å². The van der Waals surface area contributed by atoms with Gasteiger partial charge in [-0.1, -0.05) is 55.4 Å². The Morgan fingerprint density at radius 2 is 1.59 bits per heavy atom. The number of aryl methyl sites for hydroxylation is 1. The van der Waals surface area contributed by atoms with Crippen LogP contribution in [0, 0.1) is 18.8 Å². The lowest BCUT2D eigenvalue weighted by atomic mass is 9.91. The van der Waals surface area contributed by atoms with Gasteiger partial charge in [0.15, 0.2) is 11.6 Å². The molecule has 17 heteroatoms. The SMILES string of the molecule is Cc1ncsc1-c1ccc([C@H](C)NC(=O)[C@@H]2C[C@@H](O)CN2C(=O)[C@@H](c2cc(N3CCN(CCC4CCN(c5ccc(-c6ccc7c8cnccc8n(C(F)F)c7c6)cn5)CC4)CC3)no2)C(C)C)cc1. The first-order valence-corrected chi connectivity index (χ1v) is 25.4. The number of hydrogen-bond acceptors (Lipinski definition) is 12. The number of amides is 2. The van der Waals surface area contributed by atoms with Gasteiger partial charge < -0.3 is 29.6 Å². The fraction of sp³-hybridized carbons (Fsp3) is 0.434. The van der Waals surface area contributed by atoms with E-state index >= 15 is 0 Å². The number of nitrogens with zero attached hydrogens (tertiary/aromatic N) is 9. The molecule has 4 atom stereocenters. The number of benzene rings is 2. The van der Waals surface area contributed by atoms with Crippen LogP contribution in [0.4, 0.5) is 20.4 Å². The molecule has 10 rings (SSSR count). The van der Waals surface area contributed by atoms with Crippen LogP contribution in [0.25, 0.3) is 43.4 Å². The van der Waals surface area contributed by atoms with E-state index in [1.807, 2.05) is 100 Å². The predicted octanol–water partition coefficient (Wildman–Crippen LogP) is 9.07. The van der Waals surface area contributed by atoms with Crippen LogP contribution in [0.1, 0.15) is 82.0 Å². The molecule has 0 bridgehead atoms. The number of carbonyl (C=O) groups excluding carboxylic acids is 2. The van der Waals surface area contributed by atoms with Gasteiger partial charge in [-0.3, -0.25) is 24.0 Å². The Kier molecular flexibility index (Phi) is 13.7. The van der Waals surface area contributed by atoms with Gasteiger partial charge in [0, 0.05) is 93.2 Å². The molecule has 3 aliphatic rings. The number of hydrogen-bond donors (Lipinski definition) is 2. The summed E-state index contributed by atoms with van der Waals surface area (Å²) in [4.78, 5) is 51.2. The number of aliphatic hydroxyl groups excluding tert-OH is 1. The molecule has 8 heterocycles. The number of aromatic nitrogens is 5. The van der Waals surface area contributed by atoms with Crippen molar-refractivity contribution in [1.82, 2.24) is 39.8 Å². The molecule has 0 unspecified atom stereocenters. The van der Waals surface area contributed by atoms with E-state index in [-0.39, 0.29) is 36.7 Å². The van der Waals surface area contributed by atoms with Gasteiger partial charge in [0.2, 0.25) is 11.8 Å². The molecular weight excluding hydrogens is 911 g/mol. The number of carbonyl (C=O) groups is 2. The van der Waals surface area contributed by atoms with Gasteiger partial charge in [-0.25, -0.2) is 9.97 Å². The molecule has 3 fully saturated rings. The van der Waals surface area contributed by atoms with E-state index < -0.39 is 24.6 Å². The first-order valence-electron chi connectivity index (χ1n) is 24.5. The summed E-state index contributed by atoms with van der Waals surface area (Å²) in [6.45, 7) is 11.5. The molecule has 0 spiro atoms. The van der Waals surface area contributed by atoms with Gasteiger partial charge in [-0.15, -0.1) is 11.3 Å². The topological polar surface area (TPSA) is 149 Å². The van der Waals surface area contributed by atoms with Crippen LogP contribution < -0.4 is 15.1 Å². The largest absolute Gasteiger partial charge is 0.391 e. The molecule has 0 saturated carbocycles. The first kappa shape index (κ1) is 47.4. The summed E-state index contributed by atoms with van der Waals surface area (Å²) in [5.74, 6) is 1.38. The van der Waals surface area contributed by atoms with Gasteiger partial charge >= 0.3 is 6.55 Å². The second-order valence-corrected chi connectivity index (χ2v) is 20.4. The van der Waals surface area contributed by atoms with Crippen LogP contribution in [-0.4, -0.2) is 116 Å². The molecular formula is C53H60F2N10O4S. The number of nitrogens with one attached hydrogen (secondary N) is 1. The van der Waals surface area contributed by atoms with Crippen LogP contribution in [0.3, 0.4) is 0 Å². The number of pyridine rings is 2. The molecule has 3 saturated heterocycles. The minimum atomic E-state index is -2.67. The average molecular weight is 971 g/mol. The third kappa shape index (κ3) is 9.62. The minimum Gasteiger partial charge on any atom is -0.391 e. The number of likely N-dealkylation sites (tertiary alicyclic amines) is 1. The highest BCUT2D eigenvalue weighted by atomic mass is 32.1. The monoisotopic (exact) mass is 970 g/mol. The molecule has 5 aromatic heterocycles. The van der Waals surface area contributed by atoms with E-state index in [0.717, 1.165) is 114 Å². The highest BCUT2D eigenvalue weighted by Crippen LogP contribution is 2.37. The van der Waals surface area contributed by atoms with Crippen LogP contribution in [0.15, 0.2) is 95.4 Å². The maximum Gasteiger partial charge on any atom is 0.319 e.